The maximum Gasteiger partial charge on any atom is 0.359 e. The van der Waals surface area contributed by atoms with Gasteiger partial charge in [0.2, 0.25) is 0 Å². The molecule has 0 saturated carbocycles. The molecule has 0 spiro atoms. The van der Waals surface area contributed by atoms with Crippen LogP contribution in [0.4, 0.5) is 0 Å². The van der Waals surface area contributed by atoms with Gasteiger partial charge in [0.05, 0.1) is 11.4 Å². The summed E-state index contributed by atoms with van der Waals surface area (Å²) in [6.07, 6.45) is 12.5. The highest BCUT2D eigenvalue weighted by Gasteiger charge is 2.27. The molecule has 26 heavy (non-hydrogen) atoms. The van der Waals surface area contributed by atoms with Crippen LogP contribution in [0.5, 0.6) is 0 Å². The number of hydrogen-bond acceptors (Lipinski definition) is 2. The molecule has 0 aliphatic heterocycles. The van der Waals surface area contributed by atoms with Crippen LogP contribution in [0.25, 0.3) is 0 Å². The summed E-state index contributed by atoms with van der Waals surface area (Å²) in [6.45, 7) is 6.68. The average Bonchev–Trinajstić information content (AvgIpc) is 2.63. The summed E-state index contributed by atoms with van der Waals surface area (Å²) in [7, 11) is -3.75. The lowest BCUT2D eigenvalue weighted by Gasteiger charge is -2.24. The van der Waals surface area contributed by atoms with Crippen LogP contribution in [0, 0.1) is 5.92 Å². The van der Waals surface area contributed by atoms with Gasteiger partial charge in [-0.15, -0.1) is 0 Å². The van der Waals surface area contributed by atoms with E-state index in [-0.39, 0.29) is 6.10 Å². The Kier molecular flexibility index (Phi) is 12.2. The van der Waals surface area contributed by atoms with Gasteiger partial charge in [0.25, 0.3) is 0 Å². The first-order valence-electron chi connectivity index (χ1n) is 10.6. The summed E-state index contributed by atoms with van der Waals surface area (Å²) in [5, 5.41) is 0.397. The van der Waals surface area contributed by atoms with E-state index in [1.807, 2.05) is 6.07 Å². The van der Waals surface area contributed by atoms with Crippen LogP contribution < -0.4 is 5.30 Å². The number of hydrogen-bond donors (Lipinski definition) is 1. The van der Waals surface area contributed by atoms with Crippen LogP contribution in [0.2, 0.25) is 0 Å². The first-order chi connectivity index (χ1) is 12.5. The molecule has 3 nitrogen and oxygen atoms in total. The van der Waals surface area contributed by atoms with E-state index in [1.165, 1.54) is 51.4 Å². The second kappa shape index (κ2) is 13.5. The summed E-state index contributed by atoms with van der Waals surface area (Å²) >= 11 is 0. The molecule has 0 aromatic heterocycles. The summed E-state index contributed by atoms with van der Waals surface area (Å²) in [5.41, 5.74) is 0. The van der Waals surface area contributed by atoms with Gasteiger partial charge in [0, 0.05) is 0 Å². The molecule has 0 aliphatic carbocycles. The van der Waals surface area contributed by atoms with Crippen LogP contribution in [0.1, 0.15) is 91.4 Å². The van der Waals surface area contributed by atoms with Gasteiger partial charge < -0.3 is 9.42 Å². The van der Waals surface area contributed by atoms with E-state index < -0.39 is 7.60 Å². The highest BCUT2D eigenvalue weighted by Crippen LogP contribution is 2.44. The van der Waals surface area contributed by atoms with E-state index in [0.29, 0.717) is 11.2 Å². The predicted molar refractivity (Wildman–Crippen MR) is 112 cm³/mol. The SMILES string of the molecule is CCCCCCC(C)CC(CCCCCC)OP(=O)(O)c1ccccc1. The predicted octanol–water partition coefficient (Wildman–Crippen LogP) is 6.85. The quantitative estimate of drug-likeness (QED) is 0.266. The van der Waals surface area contributed by atoms with Gasteiger partial charge in [-0.2, -0.15) is 0 Å². The van der Waals surface area contributed by atoms with Crippen molar-refractivity contribution in [3.05, 3.63) is 30.3 Å². The fourth-order valence-corrected chi connectivity index (χ4v) is 4.64. The summed E-state index contributed by atoms with van der Waals surface area (Å²) in [6, 6.07) is 8.79. The lowest BCUT2D eigenvalue weighted by Crippen LogP contribution is -2.19. The lowest BCUT2D eigenvalue weighted by atomic mass is 9.94. The summed E-state index contributed by atoms with van der Waals surface area (Å²) in [4.78, 5) is 10.5. The molecule has 3 unspecified atom stereocenters. The van der Waals surface area contributed by atoms with Crippen molar-refractivity contribution >= 4 is 12.9 Å². The van der Waals surface area contributed by atoms with Crippen LogP contribution in [0.3, 0.4) is 0 Å². The Morgan fingerprint density at radius 2 is 1.50 bits per heavy atom. The highest BCUT2D eigenvalue weighted by atomic mass is 31.2. The van der Waals surface area contributed by atoms with Crippen molar-refractivity contribution < 1.29 is 14.0 Å². The molecule has 4 heteroatoms. The normalized spacial score (nSPS) is 16.2. The minimum absolute atomic E-state index is 0.135. The van der Waals surface area contributed by atoms with Crippen molar-refractivity contribution in [2.75, 3.05) is 0 Å². The molecule has 0 heterocycles. The van der Waals surface area contributed by atoms with Gasteiger partial charge in [-0.3, -0.25) is 4.57 Å². The molecule has 150 valence electrons. The third-order valence-electron chi connectivity index (χ3n) is 4.97. The zero-order valence-electron chi connectivity index (χ0n) is 17.0. The molecule has 3 atom stereocenters. The number of rotatable bonds is 15. The third kappa shape index (κ3) is 9.90. The first-order valence-corrected chi connectivity index (χ1v) is 12.1. The van der Waals surface area contributed by atoms with E-state index >= 15 is 0 Å². The molecule has 0 bridgehead atoms. The Morgan fingerprint density at radius 1 is 0.923 bits per heavy atom. The highest BCUT2D eigenvalue weighted by molar-refractivity contribution is 7.61. The van der Waals surface area contributed by atoms with E-state index in [4.69, 9.17) is 4.52 Å². The molecular weight excluding hydrogens is 343 g/mol. The smallest absolute Gasteiger partial charge is 0.321 e. The number of benzene rings is 1. The Labute approximate surface area is 161 Å². The van der Waals surface area contributed by atoms with Crippen LogP contribution in [-0.4, -0.2) is 11.0 Å². The van der Waals surface area contributed by atoms with Crippen molar-refractivity contribution in [1.29, 1.82) is 0 Å². The van der Waals surface area contributed by atoms with Crippen LogP contribution in [0.15, 0.2) is 30.3 Å². The molecule has 0 aliphatic rings. The number of unbranched alkanes of at least 4 members (excludes halogenated alkanes) is 6. The Bertz CT molecular complexity index is 503. The van der Waals surface area contributed by atoms with Gasteiger partial charge in [0.15, 0.2) is 0 Å². The monoisotopic (exact) mass is 382 g/mol. The van der Waals surface area contributed by atoms with Gasteiger partial charge in [-0.1, -0.05) is 96.8 Å². The van der Waals surface area contributed by atoms with Crippen molar-refractivity contribution in [2.24, 2.45) is 5.92 Å². The Hall–Kier alpha value is -0.630. The largest absolute Gasteiger partial charge is 0.359 e. The van der Waals surface area contributed by atoms with Gasteiger partial charge >= 0.3 is 7.60 Å². The fraction of sp³-hybridized carbons (Fsp3) is 0.727. The standard InChI is InChI=1S/C22H39O3P/c1-4-6-8-11-15-20(3)19-21(16-12-9-7-5-2)25-26(23,24)22-17-13-10-14-18-22/h10,13-14,17-18,20-21H,4-9,11-12,15-16,19H2,1-3H3,(H,23,24). The molecule has 0 fully saturated rings. The third-order valence-corrected chi connectivity index (χ3v) is 6.50. The van der Waals surface area contributed by atoms with E-state index in [1.54, 1.807) is 24.3 Å². The van der Waals surface area contributed by atoms with Crippen molar-refractivity contribution in [1.82, 2.24) is 0 Å². The van der Waals surface area contributed by atoms with E-state index in [2.05, 4.69) is 20.8 Å². The average molecular weight is 383 g/mol. The molecule has 1 rings (SSSR count). The maximum absolute atomic E-state index is 12.7. The van der Waals surface area contributed by atoms with E-state index in [9.17, 15) is 9.46 Å². The second-order valence-corrected chi connectivity index (χ2v) is 9.39. The first kappa shape index (κ1) is 23.4. The van der Waals surface area contributed by atoms with Gasteiger partial charge in [-0.25, -0.2) is 0 Å². The molecule has 0 saturated heterocycles. The lowest BCUT2D eigenvalue weighted by molar-refractivity contribution is 0.140. The summed E-state index contributed by atoms with van der Waals surface area (Å²) < 4.78 is 18.5. The maximum atomic E-state index is 12.7. The van der Waals surface area contributed by atoms with Crippen molar-refractivity contribution in [2.45, 2.75) is 97.5 Å². The van der Waals surface area contributed by atoms with Crippen LogP contribution >= 0.6 is 7.60 Å². The molecular formula is C22H39O3P. The zero-order chi connectivity index (χ0) is 19.3. The Morgan fingerprint density at radius 3 is 2.08 bits per heavy atom. The van der Waals surface area contributed by atoms with Crippen molar-refractivity contribution in [3.8, 4) is 0 Å². The topological polar surface area (TPSA) is 46.5 Å². The Balaban J connectivity index is 2.60. The molecule has 1 aromatic rings. The summed E-state index contributed by atoms with van der Waals surface area (Å²) in [5.74, 6) is 0.527. The van der Waals surface area contributed by atoms with Gasteiger partial charge in [-0.05, 0) is 30.9 Å². The fourth-order valence-electron chi connectivity index (χ4n) is 3.38. The minimum atomic E-state index is -3.75. The van der Waals surface area contributed by atoms with E-state index in [0.717, 1.165) is 19.3 Å². The molecule has 0 radical (unpaired) electrons. The molecule has 0 amide bonds. The van der Waals surface area contributed by atoms with Crippen molar-refractivity contribution in [3.63, 3.8) is 0 Å². The second-order valence-electron chi connectivity index (χ2n) is 7.62. The zero-order valence-corrected chi connectivity index (χ0v) is 17.9. The van der Waals surface area contributed by atoms with Gasteiger partial charge in [0.1, 0.15) is 0 Å². The molecule has 1 aromatic carbocycles. The molecule has 1 N–H and O–H groups in total. The van der Waals surface area contributed by atoms with Crippen LogP contribution in [-0.2, 0) is 9.09 Å². The minimum Gasteiger partial charge on any atom is -0.321 e.